The maximum atomic E-state index is 13.0. The zero-order chi connectivity index (χ0) is 23.4. The van der Waals surface area contributed by atoms with Crippen molar-refractivity contribution in [2.24, 2.45) is 0 Å². The van der Waals surface area contributed by atoms with Gasteiger partial charge < -0.3 is 0 Å². The Morgan fingerprint density at radius 3 is 2.64 bits per heavy atom. The molecule has 7 heteroatoms. The topological polar surface area (TPSA) is 26.5 Å². The summed E-state index contributed by atoms with van der Waals surface area (Å²) in [6.45, 7) is 2.13. The molecule has 33 heavy (non-hydrogen) atoms. The average Bonchev–Trinajstić information content (AvgIpc) is 3.17. The van der Waals surface area contributed by atoms with Crippen LogP contribution in [0.25, 0.3) is 16.8 Å². The molecule has 0 amide bonds. The van der Waals surface area contributed by atoms with E-state index in [0.717, 1.165) is 51.6 Å². The summed E-state index contributed by atoms with van der Waals surface area (Å²) < 4.78 is 46.8. The van der Waals surface area contributed by atoms with Gasteiger partial charge in [0.25, 0.3) is 0 Å². The Kier molecular flexibility index (Phi) is 7.13. The van der Waals surface area contributed by atoms with Gasteiger partial charge in [0.1, 0.15) is 0 Å². The van der Waals surface area contributed by atoms with E-state index in [-0.39, 0.29) is 15.8 Å². The van der Waals surface area contributed by atoms with Crippen LogP contribution in [-0.2, 0) is 19.0 Å². The fourth-order valence-corrected chi connectivity index (χ4v) is 6.25. The van der Waals surface area contributed by atoms with Crippen LogP contribution in [0.15, 0.2) is 72.9 Å². The number of aryl methyl sites for hydroxylation is 1. The van der Waals surface area contributed by atoms with Gasteiger partial charge in [-0.15, -0.1) is 0 Å². The van der Waals surface area contributed by atoms with Gasteiger partial charge in [0.15, 0.2) is 0 Å². The first-order valence-electron chi connectivity index (χ1n) is 10.8. The van der Waals surface area contributed by atoms with Crippen LogP contribution in [-0.4, -0.2) is 32.2 Å². The number of alkyl halides is 3. The number of halogens is 3. The van der Waals surface area contributed by atoms with E-state index >= 15 is 0 Å². The molecule has 0 bridgehead atoms. The molecule has 1 unspecified atom stereocenters. The fraction of sp³-hybridized carbons (Fsp3) is 0.269. The molecule has 0 saturated carbocycles. The summed E-state index contributed by atoms with van der Waals surface area (Å²) in [4.78, 5) is 4.95. The van der Waals surface area contributed by atoms with Gasteiger partial charge in [-0.05, 0) is 0 Å². The second-order valence-corrected chi connectivity index (χ2v) is 11.5. The first kappa shape index (κ1) is 23.4. The third kappa shape index (κ3) is 5.62. The first-order valence-corrected chi connectivity index (χ1v) is 13.2. The molecule has 2 heterocycles. The number of hydrogen-bond acceptors (Lipinski definition) is 2. The Hall–Kier alpha value is -2.72. The van der Waals surface area contributed by atoms with Gasteiger partial charge in [-0.3, -0.25) is 0 Å². The quantitative estimate of drug-likeness (QED) is 0.244. The van der Waals surface area contributed by atoms with Crippen LogP contribution in [0, 0.1) is 0 Å². The van der Waals surface area contributed by atoms with Gasteiger partial charge in [0, 0.05) is 0 Å². The van der Waals surface area contributed by atoms with Crippen molar-refractivity contribution < 1.29 is 17.9 Å². The zero-order valence-corrected chi connectivity index (χ0v) is 20.4. The van der Waals surface area contributed by atoms with E-state index in [0.29, 0.717) is 11.1 Å². The Bertz CT molecular complexity index is 1240. The van der Waals surface area contributed by atoms with Gasteiger partial charge in [0.2, 0.25) is 0 Å². The SMILES string of the molecule is COc1cccc(-c2nc(CC[As]C(C)Cc3cccc(C(F)(F)F)c3)n3ccccc23)c1. The standard InChI is InChI=1S/C26H25AsF3N2O/c1-18(15-19-7-5-9-21(16-19)26(28,29)30)27-13-12-24-31-25(23-11-3-4-14-32(23)24)20-8-6-10-22(17-20)33-2/h3-11,14,16-18H,12-13,15H2,1-2H3. The molecule has 3 nitrogen and oxygen atoms in total. The number of fused-ring (bicyclic) bond motifs is 1. The van der Waals surface area contributed by atoms with Crippen molar-refractivity contribution in [2.45, 2.75) is 35.9 Å². The molecule has 0 aliphatic heterocycles. The van der Waals surface area contributed by atoms with Crippen molar-refractivity contribution in [2.75, 3.05) is 7.11 Å². The Labute approximate surface area is 198 Å². The van der Waals surface area contributed by atoms with Gasteiger partial charge in [0.05, 0.1) is 0 Å². The zero-order valence-electron chi connectivity index (χ0n) is 18.5. The van der Waals surface area contributed by atoms with Crippen molar-refractivity contribution in [3.05, 3.63) is 89.9 Å². The molecule has 0 fully saturated rings. The van der Waals surface area contributed by atoms with E-state index in [1.165, 1.54) is 12.1 Å². The molecule has 4 aromatic rings. The van der Waals surface area contributed by atoms with Crippen molar-refractivity contribution >= 4 is 21.3 Å². The number of imidazole rings is 1. The second-order valence-electron chi connectivity index (χ2n) is 7.97. The number of ether oxygens (including phenoxy) is 1. The van der Waals surface area contributed by atoms with Gasteiger partial charge >= 0.3 is 198 Å². The van der Waals surface area contributed by atoms with Gasteiger partial charge in [-0.25, -0.2) is 0 Å². The van der Waals surface area contributed by atoms with Crippen molar-refractivity contribution in [3.63, 3.8) is 0 Å². The molecule has 2 aromatic carbocycles. The van der Waals surface area contributed by atoms with Crippen LogP contribution < -0.4 is 4.74 Å². The molecular weight excluding hydrogens is 488 g/mol. The van der Waals surface area contributed by atoms with Crippen LogP contribution >= 0.6 is 0 Å². The molecule has 0 N–H and O–H groups in total. The minimum absolute atomic E-state index is 0.0305. The molecule has 1 atom stereocenters. The third-order valence-corrected chi connectivity index (χ3v) is 8.23. The third-order valence-electron chi connectivity index (χ3n) is 5.53. The maximum absolute atomic E-state index is 13.0. The number of pyridine rings is 1. The van der Waals surface area contributed by atoms with Crippen LogP contribution in [0.1, 0.15) is 23.9 Å². The van der Waals surface area contributed by atoms with Gasteiger partial charge in [-0.2, -0.15) is 0 Å². The van der Waals surface area contributed by atoms with Crippen LogP contribution in [0.5, 0.6) is 5.75 Å². The number of nitrogens with zero attached hydrogens (tertiary/aromatic N) is 2. The molecular formula is C26H25AsF3N2O. The predicted molar refractivity (Wildman–Crippen MR) is 126 cm³/mol. The Morgan fingerprint density at radius 2 is 1.85 bits per heavy atom. The normalized spacial score (nSPS) is 13.1. The molecule has 2 aromatic heterocycles. The number of methoxy groups -OCH3 is 1. The van der Waals surface area contributed by atoms with E-state index in [4.69, 9.17) is 9.72 Å². The van der Waals surface area contributed by atoms with E-state index in [1.54, 1.807) is 13.2 Å². The van der Waals surface area contributed by atoms with Crippen molar-refractivity contribution in [3.8, 4) is 17.0 Å². The Balaban J connectivity index is 1.45. The minimum atomic E-state index is -4.30. The average molecular weight is 513 g/mol. The van der Waals surface area contributed by atoms with Crippen LogP contribution in [0.2, 0.25) is 9.91 Å². The fourth-order valence-electron chi connectivity index (χ4n) is 3.93. The molecule has 0 saturated heterocycles. The molecule has 4 rings (SSSR count). The summed E-state index contributed by atoms with van der Waals surface area (Å²) >= 11 is -0.0305. The Morgan fingerprint density at radius 1 is 1.03 bits per heavy atom. The first-order chi connectivity index (χ1) is 15.8. The van der Waals surface area contributed by atoms with Crippen molar-refractivity contribution in [1.29, 1.82) is 0 Å². The summed E-state index contributed by atoms with van der Waals surface area (Å²) in [5.41, 5.74) is 3.17. The van der Waals surface area contributed by atoms with Crippen molar-refractivity contribution in [1.82, 2.24) is 9.38 Å². The second kappa shape index (κ2) is 10.0. The molecule has 171 valence electrons. The number of rotatable bonds is 8. The van der Waals surface area contributed by atoms with Crippen LogP contribution in [0.4, 0.5) is 13.2 Å². The predicted octanol–water partition coefficient (Wildman–Crippen LogP) is 6.74. The van der Waals surface area contributed by atoms with E-state index in [9.17, 15) is 13.2 Å². The summed E-state index contributed by atoms with van der Waals surface area (Å²) in [5.74, 6) is 1.80. The van der Waals surface area contributed by atoms with Gasteiger partial charge in [-0.1, -0.05) is 0 Å². The molecule has 0 aliphatic carbocycles. The van der Waals surface area contributed by atoms with E-state index in [1.807, 2.05) is 42.6 Å². The summed E-state index contributed by atoms with van der Waals surface area (Å²) in [5, 5.41) is 1.00. The molecule has 0 spiro atoms. The number of hydrogen-bond donors (Lipinski definition) is 0. The molecule has 1 radical (unpaired) electrons. The van der Waals surface area contributed by atoms with Crippen LogP contribution in [0.3, 0.4) is 0 Å². The summed E-state index contributed by atoms with van der Waals surface area (Å²) in [6.07, 6.45) is -0.761. The van der Waals surface area contributed by atoms with E-state index in [2.05, 4.69) is 17.4 Å². The number of benzene rings is 2. The number of aromatic nitrogens is 2. The summed E-state index contributed by atoms with van der Waals surface area (Å²) in [6, 6.07) is 19.7. The monoisotopic (exact) mass is 513 g/mol. The molecule has 0 aliphatic rings. The summed E-state index contributed by atoms with van der Waals surface area (Å²) in [7, 11) is 1.65. The van der Waals surface area contributed by atoms with E-state index < -0.39 is 11.7 Å².